The number of ether oxygens (including phenoxy) is 2. The van der Waals surface area contributed by atoms with Crippen molar-refractivity contribution in [1.29, 1.82) is 0 Å². The van der Waals surface area contributed by atoms with Crippen molar-refractivity contribution in [2.45, 2.75) is 12.5 Å². The van der Waals surface area contributed by atoms with Gasteiger partial charge in [-0.2, -0.15) is 0 Å². The molecule has 0 bridgehead atoms. The Labute approximate surface area is 207 Å². The summed E-state index contributed by atoms with van der Waals surface area (Å²) in [7, 11) is 3.19. The monoisotopic (exact) mass is 488 g/mol. The average Bonchev–Trinajstić information content (AvgIpc) is 2.89. The predicted octanol–water partition coefficient (Wildman–Crippen LogP) is 3.29. The first-order valence-corrected chi connectivity index (χ1v) is 11.8. The largest absolute Gasteiger partial charge is 0.494 e. The summed E-state index contributed by atoms with van der Waals surface area (Å²) in [4.78, 5) is 14.0. The van der Waals surface area contributed by atoms with E-state index in [2.05, 4.69) is 5.32 Å². The molecule has 3 N–H and O–H groups in total. The molecule has 0 aliphatic carbocycles. The number of nitrogens with two attached hydrogens (primary N) is 1. The first kappa shape index (κ1) is 22.9. The van der Waals surface area contributed by atoms with E-state index in [1.165, 1.54) is 4.57 Å². The smallest absolute Gasteiger partial charge is 0.272 e. The second-order valence-corrected chi connectivity index (χ2v) is 8.69. The quantitative estimate of drug-likeness (QED) is 0.422. The van der Waals surface area contributed by atoms with Crippen LogP contribution >= 0.6 is 12.2 Å². The molecule has 1 aromatic heterocycles. The predicted molar refractivity (Wildman–Crippen MR) is 136 cm³/mol. The summed E-state index contributed by atoms with van der Waals surface area (Å²) in [6, 6.07) is 22.0. The van der Waals surface area contributed by atoms with Crippen molar-refractivity contribution < 1.29 is 19.9 Å². The van der Waals surface area contributed by atoms with Crippen LogP contribution in [0.4, 0.5) is 0 Å². The highest BCUT2D eigenvalue weighted by molar-refractivity contribution is 7.71. The molecule has 7 nitrogen and oxygen atoms in total. The first-order valence-electron chi connectivity index (χ1n) is 11.3. The Bertz CT molecular complexity index is 1500. The Morgan fingerprint density at radius 1 is 0.914 bits per heavy atom. The zero-order chi connectivity index (χ0) is 24.5. The maximum Gasteiger partial charge on any atom is 0.272 e. The molecule has 0 spiro atoms. The Morgan fingerprint density at radius 3 is 2.09 bits per heavy atom. The molecule has 4 aromatic rings. The summed E-state index contributed by atoms with van der Waals surface area (Å²) in [5, 5.41) is 13.7. The fourth-order valence-corrected chi connectivity index (χ4v) is 5.13. The van der Waals surface area contributed by atoms with Gasteiger partial charge in [-0.05, 0) is 54.2 Å². The van der Waals surface area contributed by atoms with Crippen LogP contribution in [0.3, 0.4) is 0 Å². The van der Waals surface area contributed by atoms with Gasteiger partial charge in [0.2, 0.25) is 5.88 Å². The van der Waals surface area contributed by atoms with Crippen LogP contribution in [0.15, 0.2) is 77.6 Å². The minimum absolute atomic E-state index is 0.165. The number of methoxy groups -OCH3 is 2. The summed E-state index contributed by atoms with van der Waals surface area (Å²) in [6.45, 7) is 0.748. The Balaban J connectivity index is 1.84. The molecule has 1 aliphatic rings. The van der Waals surface area contributed by atoms with Gasteiger partial charge in [0.25, 0.3) is 5.56 Å². The maximum atomic E-state index is 14.0. The molecule has 0 radical (unpaired) electrons. The van der Waals surface area contributed by atoms with Gasteiger partial charge in [-0.3, -0.25) is 13.9 Å². The van der Waals surface area contributed by atoms with Crippen molar-refractivity contribution in [2.24, 2.45) is 0 Å². The number of nitrogens with zero attached hydrogens (tertiary/aromatic N) is 2. The van der Waals surface area contributed by atoms with Crippen molar-refractivity contribution in [2.75, 3.05) is 20.8 Å². The molecule has 0 saturated carbocycles. The van der Waals surface area contributed by atoms with Crippen LogP contribution < -0.4 is 20.3 Å². The number of fused-ring (bicyclic) bond motifs is 1. The highest BCUT2D eigenvalue weighted by Crippen LogP contribution is 2.37. The van der Waals surface area contributed by atoms with Gasteiger partial charge in [0.05, 0.1) is 32.1 Å². The summed E-state index contributed by atoms with van der Waals surface area (Å²) in [5.41, 5.74) is 3.17. The van der Waals surface area contributed by atoms with Crippen molar-refractivity contribution in [3.8, 4) is 28.8 Å². The van der Waals surface area contributed by atoms with Gasteiger partial charge in [0, 0.05) is 12.0 Å². The number of para-hydroxylation sites is 2. The van der Waals surface area contributed by atoms with Crippen LogP contribution in [0.2, 0.25) is 0 Å². The van der Waals surface area contributed by atoms with E-state index in [0.29, 0.717) is 22.9 Å². The third kappa shape index (κ3) is 3.90. The van der Waals surface area contributed by atoms with Crippen molar-refractivity contribution in [1.82, 2.24) is 9.13 Å². The average molecular weight is 489 g/mol. The standard InChI is InChI=1S/C27H25N3O4S/c1-33-21-15-17-13-14-28-24(20(17)16-22(21)34-2)23-25(31)29(18-9-5-3-6-10-18)27(35)30(26(23)32)19-11-7-4-8-12-19/h3-12,15-16,24,28,31H,13-14H2,1-2H3/p+1/t24-/m1/s1. The molecule has 1 aliphatic heterocycles. The van der Waals surface area contributed by atoms with Gasteiger partial charge in [-0.25, -0.2) is 0 Å². The lowest BCUT2D eigenvalue weighted by atomic mass is 9.90. The molecule has 1 atom stereocenters. The lowest BCUT2D eigenvalue weighted by molar-refractivity contribution is -0.690. The molecule has 35 heavy (non-hydrogen) atoms. The lowest BCUT2D eigenvalue weighted by Crippen LogP contribution is -2.87. The third-order valence-electron chi connectivity index (χ3n) is 6.41. The molecule has 2 heterocycles. The Kier molecular flexibility index (Phi) is 6.15. The van der Waals surface area contributed by atoms with Gasteiger partial charge in [-0.1, -0.05) is 36.4 Å². The SMILES string of the molecule is COc1cc2c(cc1OC)[C@H](c1c(O)n(-c3ccccc3)c(=S)n(-c3ccccc3)c1=O)[NH2+]CC2. The van der Waals surface area contributed by atoms with E-state index in [1.54, 1.807) is 18.8 Å². The molecule has 0 saturated heterocycles. The van der Waals surface area contributed by atoms with E-state index < -0.39 is 6.04 Å². The van der Waals surface area contributed by atoms with E-state index in [1.807, 2.05) is 72.8 Å². The van der Waals surface area contributed by atoms with Crippen LogP contribution in [0.5, 0.6) is 17.4 Å². The Morgan fingerprint density at radius 2 is 1.49 bits per heavy atom. The van der Waals surface area contributed by atoms with Gasteiger partial charge in [0.15, 0.2) is 16.3 Å². The van der Waals surface area contributed by atoms with E-state index in [0.717, 1.165) is 24.1 Å². The second kappa shape index (κ2) is 9.40. The summed E-state index contributed by atoms with van der Waals surface area (Å²) < 4.78 is 14.3. The molecule has 3 aromatic carbocycles. The topological polar surface area (TPSA) is 82.2 Å². The van der Waals surface area contributed by atoms with E-state index in [9.17, 15) is 9.90 Å². The van der Waals surface area contributed by atoms with Gasteiger partial charge < -0.3 is 19.9 Å². The second-order valence-electron chi connectivity index (χ2n) is 8.32. The van der Waals surface area contributed by atoms with Crippen LogP contribution in [-0.4, -0.2) is 35.0 Å². The number of aromatic hydroxyl groups is 1. The van der Waals surface area contributed by atoms with Crippen molar-refractivity contribution in [3.05, 3.63) is 105 Å². The molecule has 0 unspecified atom stereocenters. The molecule has 0 fully saturated rings. The van der Waals surface area contributed by atoms with E-state index >= 15 is 0 Å². The zero-order valence-electron chi connectivity index (χ0n) is 19.5. The lowest BCUT2D eigenvalue weighted by Gasteiger charge is -2.27. The summed E-state index contributed by atoms with van der Waals surface area (Å²) in [6.07, 6.45) is 0.803. The highest BCUT2D eigenvalue weighted by Gasteiger charge is 2.34. The number of quaternary nitrogens is 1. The number of aromatic nitrogens is 2. The molecular formula is C27H26N3O4S+. The van der Waals surface area contributed by atoms with Crippen molar-refractivity contribution >= 4 is 12.2 Å². The number of benzene rings is 3. The Hall–Kier alpha value is -3.88. The molecule has 178 valence electrons. The van der Waals surface area contributed by atoms with Gasteiger partial charge in [-0.15, -0.1) is 0 Å². The van der Waals surface area contributed by atoms with E-state index in [4.69, 9.17) is 21.7 Å². The van der Waals surface area contributed by atoms with Crippen LogP contribution in [-0.2, 0) is 6.42 Å². The summed E-state index contributed by atoms with van der Waals surface area (Å²) >= 11 is 5.76. The molecular weight excluding hydrogens is 462 g/mol. The number of hydrogen-bond donors (Lipinski definition) is 2. The minimum atomic E-state index is -0.452. The number of rotatable bonds is 5. The highest BCUT2D eigenvalue weighted by atomic mass is 32.1. The van der Waals surface area contributed by atoms with Gasteiger partial charge >= 0.3 is 0 Å². The van der Waals surface area contributed by atoms with Gasteiger partial charge in [0.1, 0.15) is 11.6 Å². The van der Waals surface area contributed by atoms with Crippen LogP contribution in [0.1, 0.15) is 22.7 Å². The van der Waals surface area contributed by atoms with E-state index in [-0.39, 0.29) is 21.8 Å². The number of hydrogen-bond acceptors (Lipinski definition) is 5. The molecule has 8 heteroatoms. The third-order valence-corrected chi connectivity index (χ3v) is 6.77. The maximum absolute atomic E-state index is 14.0. The van der Waals surface area contributed by atoms with Crippen LogP contribution in [0, 0.1) is 4.77 Å². The van der Waals surface area contributed by atoms with Crippen LogP contribution in [0.25, 0.3) is 11.4 Å². The van der Waals surface area contributed by atoms with Crippen molar-refractivity contribution in [3.63, 3.8) is 0 Å². The first-order chi connectivity index (χ1) is 17.0. The molecule has 0 amide bonds. The normalized spacial score (nSPS) is 14.9. The minimum Gasteiger partial charge on any atom is -0.494 e. The molecule has 5 rings (SSSR count). The zero-order valence-corrected chi connectivity index (χ0v) is 20.3. The summed E-state index contributed by atoms with van der Waals surface area (Å²) in [5.74, 6) is 1.05. The fourth-order valence-electron chi connectivity index (χ4n) is 4.75. The fraction of sp³-hybridized carbons (Fsp3) is 0.185.